The van der Waals surface area contributed by atoms with Gasteiger partial charge in [0.05, 0.1) is 17.1 Å². The topological polar surface area (TPSA) is 76.3 Å². The Labute approximate surface area is 83.5 Å². The van der Waals surface area contributed by atoms with Gasteiger partial charge < -0.3 is 5.11 Å². The SMILES string of the molecule is Cc1cnc(C(F)F)c([N+](=O)[O-])c1CO. The zero-order valence-corrected chi connectivity index (χ0v) is 7.78. The molecule has 1 aromatic heterocycles. The lowest BCUT2D eigenvalue weighted by molar-refractivity contribution is -0.387. The van der Waals surface area contributed by atoms with Crippen molar-refractivity contribution in [2.75, 3.05) is 0 Å². The van der Waals surface area contributed by atoms with Crippen LogP contribution in [0.3, 0.4) is 0 Å². The normalized spacial score (nSPS) is 10.7. The molecule has 0 aromatic carbocycles. The summed E-state index contributed by atoms with van der Waals surface area (Å²) in [5.74, 6) is 0. The highest BCUT2D eigenvalue weighted by atomic mass is 19.3. The molecule has 0 unspecified atom stereocenters. The zero-order chi connectivity index (χ0) is 11.6. The molecule has 0 spiro atoms. The minimum Gasteiger partial charge on any atom is -0.391 e. The second-order valence-electron chi connectivity index (χ2n) is 2.87. The zero-order valence-electron chi connectivity index (χ0n) is 7.78. The Bertz CT molecular complexity index is 396. The third-order valence-electron chi connectivity index (χ3n) is 1.95. The molecule has 1 aromatic rings. The average Bonchev–Trinajstić information content (AvgIpc) is 2.16. The summed E-state index contributed by atoms with van der Waals surface area (Å²) in [6.45, 7) is 0.797. The molecule has 82 valence electrons. The molecular weight excluding hydrogens is 210 g/mol. The molecule has 0 saturated carbocycles. The van der Waals surface area contributed by atoms with E-state index in [9.17, 15) is 18.9 Å². The Balaban J connectivity index is 3.49. The number of hydrogen-bond donors (Lipinski definition) is 1. The van der Waals surface area contributed by atoms with Crippen molar-refractivity contribution in [2.24, 2.45) is 0 Å². The molecule has 0 radical (unpaired) electrons. The molecule has 0 aliphatic rings. The summed E-state index contributed by atoms with van der Waals surface area (Å²) >= 11 is 0. The summed E-state index contributed by atoms with van der Waals surface area (Å²) in [6.07, 6.45) is -1.95. The third kappa shape index (κ3) is 2.07. The molecular formula is C8H8F2N2O3. The van der Waals surface area contributed by atoms with Crippen molar-refractivity contribution in [1.29, 1.82) is 0 Å². The predicted molar refractivity (Wildman–Crippen MR) is 46.5 cm³/mol. The lowest BCUT2D eigenvalue weighted by Gasteiger charge is -2.07. The van der Waals surface area contributed by atoms with Gasteiger partial charge in [-0.1, -0.05) is 0 Å². The fourth-order valence-electron chi connectivity index (χ4n) is 1.21. The second-order valence-corrected chi connectivity index (χ2v) is 2.87. The number of nitro groups is 1. The minimum atomic E-state index is -3.03. The number of pyridine rings is 1. The first-order chi connectivity index (χ1) is 6.99. The number of aryl methyl sites for hydroxylation is 1. The van der Waals surface area contributed by atoms with Crippen molar-refractivity contribution in [3.05, 3.63) is 33.1 Å². The van der Waals surface area contributed by atoms with E-state index in [-0.39, 0.29) is 5.56 Å². The summed E-state index contributed by atoms with van der Waals surface area (Å²) in [4.78, 5) is 12.9. The fourth-order valence-corrected chi connectivity index (χ4v) is 1.21. The largest absolute Gasteiger partial charge is 0.391 e. The molecule has 0 atom stereocenters. The van der Waals surface area contributed by atoms with Gasteiger partial charge in [-0.2, -0.15) is 0 Å². The second kappa shape index (κ2) is 4.26. The Hall–Kier alpha value is -1.63. The molecule has 0 aliphatic heterocycles. The summed E-state index contributed by atoms with van der Waals surface area (Å²) < 4.78 is 24.8. The van der Waals surface area contributed by atoms with Crippen molar-refractivity contribution in [3.63, 3.8) is 0 Å². The Morgan fingerprint density at radius 3 is 2.67 bits per heavy atom. The van der Waals surface area contributed by atoms with E-state index < -0.39 is 29.3 Å². The van der Waals surface area contributed by atoms with Crippen LogP contribution in [0.25, 0.3) is 0 Å². The van der Waals surface area contributed by atoms with Crippen LogP contribution in [0.4, 0.5) is 14.5 Å². The van der Waals surface area contributed by atoms with Gasteiger partial charge in [-0.25, -0.2) is 13.8 Å². The third-order valence-corrected chi connectivity index (χ3v) is 1.95. The summed E-state index contributed by atoms with van der Waals surface area (Å²) in [6, 6.07) is 0. The van der Waals surface area contributed by atoms with Crippen LogP contribution in [-0.4, -0.2) is 15.0 Å². The number of alkyl halides is 2. The monoisotopic (exact) mass is 218 g/mol. The highest BCUT2D eigenvalue weighted by Gasteiger charge is 2.28. The molecule has 15 heavy (non-hydrogen) atoms. The first kappa shape index (κ1) is 11.4. The van der Waals surface area contributed by atoms with Gasteiger partial charge in [-0.3, -0.25) is 10.1 Å². The number of aliphatic hydroxyl groups is 1. The van der Waals surface area contributed by atoms with Crippen LogP contribution < -0.4 is 0 Å². The van der Waals surface area contributed by atoms with Crippen molar-refractivity contribution in [2.45, 2.75) is 20.0 Å². The lowest BCUT2D eigenvalue weighted by Crippen LogP contribution is -2.05. The standard InChI is InChI=1S/C8H8F2N2O3/c1-4-2-11-6(8(9)10)7(12(14)15)5(4)3-13/h2,8,13H,3H2,1H3. The van der Waals surface area contributed by atoms with Crippen molar-refractivity contribution >= 4 is 5.69 Å². The smallest absolute Gasteiger partial charge is 0.302 e. The van der Waals surface area contributed by atoms with Crippen LogP contribution in [0.2, 0.25) is 0 Å². The van der Waals surface area contributed by atoms with Crippen LogP contribution >= 0.6 is 0 Å². The van der Waals surface area contributed by atoms with E-state index in [1.165, 1.54) is 6.92 Å². The van der Waals surface area contributed by atoms with Gasteiger partial charge >= 0.3 is 5.69 Å². The van der Waals surface area contributed by atoms with Gasteiger partial charge in [0.2, 0.25) is 0 Å². The van der Waals surface area contributed by atoms with Crippen LogP contribution in [0.15, 0.2) is 6.20 Å². The van der Waals surface area contributed by atoms with Crippen LogP contribution in [0, 0.1) is 17.0 Å². The Kier molecular flexibility index (Phi) is 3.25. The Morgan fingerprint density at radius 1 is 1.67 bits per heavy atom. The Morgan fingerprint density at radius 2 is 2.27 bits per heavy atom. The molecule has 0 aliphatic carbocycles. The molecule has 1 rings (SSSR count). The van der Waals surface area contributed by atoms with Crippen LogP contribution in [0.1, 0.15) is 23.2 Å². The van der Waals surface area contributed by atoms with Crippen molar-refractivity contribution < 1.29 is 18.8 Å². The van der Waals surface area contributed by atoms with E-state index in [1.54, 1.807) is 0 Å². The maximum absolute atomic E-state index is 12.4. The molecule has 7 heteroatoms. The van der Waals surface area contributed by atoms with Gasteiger partial charge in [0.25, 0.3) is 6.43 Å². The summed E-state index contributed by atoms with van der Waals surface area (Å²) in [5, 5.41) is 19.5. The first-order valence-corrected chi connectivity index (χ1v) is 4.00. The molecule has 0 saturated heterocycles. The molecule has 0 fully saturated rings. The summed E-state index contributed by atoms with van der Waals surface area (Å²) in [7, 11) is 0. The molecule has 1 N–H and O–H groups in total. The van der Waals surface area contributed by atoms with Crippen LogP contribution in [-0.2, 0) is 6.61 Å². The van der Waals surface area contributed by atoms with Crippen LogP contribution in [0.5, 0.6) is 0 Å². The van der Waals surface area contributed by atoms with Gasteiger partial charge in [-0.15, -0.1) is 0 Å². The predicted octanol–water partition coefficient (Wildman–Crippen LogP) is 1.73. The number of aliphatic hydroxyl groups excluding tert-OH is 1. The average molecular weight is 218 g/mol. The van der Waals surface area contributed by atoms with Gasteiger partial charge in [0.15, 0.2) is 5.69 Å². The minimum absolute atomic E-state index is 0.120. The molecule has 0 amide bonds. The lowest BCUT2D eigenvalue weighted by atomic mass is 10.1. The first-order valence-electron chi connectivity index (χ1n) is 4.00. The van der Waals surface area contributed by atoms with E-state index >= 15 is 0 Å². The molecule has 5 nitrogen and oxygen atoms in total. The fraction of sp³-hybridized carbons (Fsp3) is 0.375. The number of aromatic nitrogens is 1. The number of halogens is 2. The van der Waals surface area contributed by atoms with Gasteiger partial charge in [-0.05, 0) is 12.5 Å². The molecule has 1 heterocycles. The number of rotatable bonds is 3. The maximum Gasteiger partial charge on any atom is 0.302 e. The van der Waals surface area contributed by atoms with Crippen molar-refractivity contribution in [3.8, 4) is 0 Å². The quantitative estimate of drug-likeness (QED) is 0.619. The highest BCUT2D eigenvalue weighted by Crippen LogP contribution is 2.31. The summed E-state index contributed by atoms with van der Waals surface area (Å²) in [5.41, 5.74) is -1.51. The van der Waals surface area contributed by atoms with E-state index in [1.807, 2.05) is 0 Å². The highest BCUT2D eigenvalue weighted by molar-refractivity contribution is 5.47. The van der Waals surface area contributed by atoms with E-state index in [0.717, 1.165) is 6.20 Å². The number of nitrogens with zero attached hydrogens (tertiary/aromatic N) is 2. The van der Waals surface area contributed by atoms with Crippen molar-refractivity contribution in [1.82, 2.24) is 4.98 Å². The van der Waals surface area contributed by atoms with E-state index in [4.69, 9.17) is 5.11 Å². The van der Waals surface area contributed by atoms with Gasteiger partial charge in [0, 0.05) is 6.20 Å². The van der Waals surface area contributed by atoms with Gasteiger partial charge in [0.1, 0.15) is 0 Å². The van der Waals surface area contributed by atoms with E-state index in [2.05, 4.69) is 4.98 Å². The maximum atomic E-state index is 12.4. The molecule has 0 bridgehead atoms. The number of hydrogen-bond acceptors (Lipinski definition) is 4. The van der Waals surface area contributed by atoms with E-state index in [0.29, 0.717) is 5.56 Å².